The summed E-state index contributed by atoms with van der Waals surface area (Å²) in [6.45, 7) is 1.32. The lowest BCUT2D eigenvalue weighted by Crippen LogP contribution is -2.34. The minimum Gasteiger partial charge on any atom is -0.492 e. The molecule has 0 spiro atoms. The number of nitrogens with one attached hydrogen (secondary N) is 1. The van der Waals surface area contributed by atoms with E-state index in [4.69, 9.17) is 4.74 Å². The van der Waals surface area contributed by atoms with Gasteiger partial charge in [-0.25, -0.2) is 4.99 Å². The second-order valence-electron chi connectivity index (χ2n) is 5.69. The smallest absolute Gasteiger partial charge is 0.285 e. The number of benzene rings is 1. The Morgan fingerprint density at radius 1 is 1.44 bits per heavy atom. The summed E-state index contributed by atoms with van der Waals surface area (Å²) in [6.07, 6.45) is 5.26. The largest absolute Gasteiger partial charge is 0.492 e. The molecule has 0 saturated carbocycles. The van der Waals surface area contributed by atoms with Crippen LogP contribution in [-0.4, -0.2) is 60.4 Å². The summed E-state index contributed by atoms with van der Waals surface area (Å²) in [5.41, 5.74) is 0.901. The third kappa shape index (κ3) is 4.91. The lowest BCUT2D eigenvalue weighted by Gasteiger charge is -2.24. The standard InChI is InChI=1S/C17H20N4O3S/c1-21(15-6-7-18-11-19-15)8-9-24-13-4-2-12(3-5-13)10-14-16(22)20-17(23)25-14/h2-5,7,10-11,15-16,22H,6,8-9H2,1H3,(H,20,23)/b14-10-. The predicted octanol–water partition coefficient (Wildman–Crippen LogP) is 1.94. The summed E-state index contributed by atoms with van der Waals surface area (Å²) in [5.74, 6) is 0.776. The molecule has 0 bridgehead atoms. The maximum atomic E-state index is 11.2. The molecule has 132 valence electrons. The van der Waals surface area contributed by atoms with E-state index in [2.05, 4.69) is 20.2 Å². The van der Waals surface area contributed by atoms with Gasteiger partial charge in [0, 0.05) is 24.1 Å². The fraction of sp³-hybridized carbons (Fsp3) is 0.353. The molecule has 1 fully saturated rings. The number of amides is 1. The molecule has 1 aromatic rings. The molecule has 1 saturated heterocycles. The highest BCUT2D eigenvalue weighted by Gasteiger charge is 2.25. The lowest BCUT2D eigenvalue weighted by atomic mass is 10.2. The van der Waals surface area contributed by atoms with Gasteiger partial charge in [-0.2, -0.15) is 0 Å². The Hall–Kier alpha value is -2.16. The van der Waals surface area contributed by atoms with Crippen LogP contribution in [-0.2, 0) is 0 Å². The first kappa shape index (κ1) is 17.7. The van der Waals surface area contributed by atoms with E-state index in [1.165, 1.54) is 0 Å². The van der Waals surface area contributed by atoms with Crippen molar-refractivity contribution < 1.29 is 14.6 Å². The van der Waals surface area contributed by atoms with Gasteiger partial charge < -0.3 is 15.2 Å². The second-order valence-corrected chi connectivity index (χ2v) is 6.74. The summed E-state index contributed by atoms with van der Waals surface area (Å²) in [5, 5.41) is 11.9. The van der Waals surface area contributed by atoms with Crippen molar-refractivity contribution in [1.29, 1.82) is 0 Å². The Kier molecular flexibility index (Phi) is 5.85. The van der Waals surface area contributed by atoms with Crippen molar-refractivity contribution in [3.8, 4) is 5.75 Å². The summed E-state index contributed by atoms with van der Waals surface area (Å²) in [6, 6.07) is 7.53. The van der Waals surface area contributed by atoms with Crippen LogP contribution in [0.15, 0.2) is 39.2 Å². The predicted molar refractivity (Wildman–Crippen MR) is 100 cm³/mol. The first-order valence-corrected chi connectivity index (χ1v) is 8.78. The van der Waals surface area contributed by atoms with Crippen molar-refractivity contribution in [2.45, 2.75) is 18.8 Å². The number of nitrogens with zero attached hydrogens (tertiary/aromatic N) is 3. The molecule has 1 aromatic carbocycles. The van der Waals surface area contributed by atoms with E-state index in [0.717, 1.165) is 36.0 Å². The molecule has 8 heteroatoms. The van der Waals surface area contributed by atoms with Crippen LogP contribution in [0.3, 0.4) is 0 Å². The molecule has 25 heavy (non-hydrogen) atoms. The quantitative estimate of drug-likeness (QED) is 0.810. The molecular weight excluding hydrogens is 340 g/mol. The van der Waals surface area contributed by atoms with Crippen LogP contribution >= 0.6 is 11.8 Å². The topological polar surface area (TPSA) is 86.5 Å². The van der Waals surface area contributed by atoms with Crippen molar-refractivity contribution in [1.82, 2.24) is 10.2 Å². The number of carbonyl (C=O) groups excluding carboxylic acids is 1. The Labute approximate surface area is 150 Å². The van der Waals surface area contributed by atoms with Crippen LogP contribution in [0.25, 0.3) is 6.08 Å². The molecule has 2 aliphatic heterocycles. The van der Waals surface area contributed by atoms with Gasteiger partial charge in [0.25, 0.3) is 5.24 Å². The number of hydrogen-bond acceptors (Lipinski definition) is 7. The van der Waals surface area contributed by atoms with Gasteiger partial charge in [0.2, 0.25) is 0 Å². The van der Waals surface area contributed by atoms with E-state index in [1.807, 2.05) is 37.5 Å². The van der Waals surface area contributed by atoms with E-state index in [1.54, 1.807) is 12.4 Å². The van der Waals surface area contributed by atoms with Crippen LogP contribution in [0.5, 0.6) is 5.75 Å². The highest BCUT2D eigenvalue weighted by atomic mass is 32.2. The molecule has 1 amide bonds. The molecule has 2 unspecified atom stereocenters. The summed E-state index contributed by atoms with van der Waals surface area (Å²) in [7, 11) is 2.01. The number of thioether (sulfide) groups is 1. The number of likely N-dealkylation sites (N-methyl/N-ethyl adjacent to an activating group) is 1. The van der Waals surface area contributed by atoms with Crippen LogP contribution in [0.4, 0.5) is 4.79 Å². The van der Waals surface area contributed by atoms with Gasteiger partial charge in [0.15, 0.2) is 6.23 Å². The van der Waals surface area contributed by atoms with Crippen LogP contribution in [0.2, 0.25) is 0 Å². The minimum atomic E-state index is -0.920. The SMILES string of the molecule is CN(CCOc1ccc(/C=C2\SC(=O)NC2O)cc1)C1CC=NC=N1. The third-order valence-corrected chi connectivity index (χ3v) is 4.75. The summed E-state index contributed by atoms with van der Waals surface area (Å²) in [4.78, 5) is 22.2. The van der Waals surface area contributed by atoms with Gasteiger partial charge >= 0.3 is 0 Å². The molecular formula is C17H20N4O3S. The van der Waals surface area contributed by atoms with Crippen molar-refractivity contribution in [3.63, 3.8) is 0 Å². The summed E-state index contributed by atoms with van der Waals surface area (Å²) >= 11 is 1.01. The summed E-state index contributed by atoms with van der Waals surface area (Å²) < 4.78 is 5.76. The molecule has 2 atom stereocenters. The van der Waals surface area contributed by atoms with E-state index < -0.39 is 6.23 Å². The maximum Gasteiger partial charge on any atom is 0.285 e. The third-order valence-electron chi connectivity index (χ3n) is 3.87. The Morgan fingerprint density at radius 2 is 2.24 bits per heavy atom. The zero-order valence-corrected chi connectivity index (χ0v) is 14.6. The monoisotopic (exact) mass is 360 g/mol. The fourth-order valence-electron chi connectivity index (χ4n) is 2.44. The van der Waals surface area contributed by atoms with Gasteiger partial charge in [0.05, 0.1) is 0 Å². The number of aliphatic hydroxyl groups is 1. The average Bonchev–Trinajstić information content (AvgIpc) is 2.94. The highest BCUT2D eigenvalue weighted by Crippen LogP contribution is 2.28. The maximum absolute atomic E-state index is 11.2. The highest BCUT2D eigenvalue weighted by molar-refractivity contribution is 8.17. The van der Waals surface area contributed by atoms with Gasteiger partial charge in [-0.1, -0.05) is 12.1 Å². The molecule has 3 rings (SSSR count). The van der Waals surface area contributed by atoms with E-state index in [9.17, 15) is 9.90 Å². The minimum absolute atomic E-state index is 0.127. The second kappa shape index (κ2) is 8.28. The van der Waals surface area contributed by atoms with E-state index in [0.29, 0.717) is 11.5 Å². The normalized spacial score (nSPS) is 24.1. The molecule has 0 aliphatic carbocycles. The zero-order chi connectivity index (χ0) is 17.6. The van der Waals surface area contributed by atoms with Gasteiger partial charge in [-0.05, 0) is 42.6 Å². The first-order valence-electron chi connectivity index (χ1n) is 7.96. The molecule has 0 radical (unpaired) electrons. The van der Waals surface area contributed by atoms with Crippen LogP contribution in [0, 0.1) is 0 Å². The van der Waals surface area contributed by atoms with Crippen molar-refractivity contribution in [3.05, 3.63) is 34.7 Å². The Balaban J connectivity index is 1.48. The number of aliphatic hydroxyl groups excluding tert-OH is 1. The van der Waals surface area contributed by atoms with Gasteiger partial charge in [-0.3, -0.25) is 14.7 Å². The number of aliphatic imine (C=N–C) groups is 2. The molecule has 7 nitrogen and oxygen atoms in total. The molecule has 2 N–H and O–H groups in total. The first-order chi connectivity index (χ1) is 12.1. The molecule has 2 heterocycles. The number of carbonyl (C=O) groups is 1. The van der Waals surface area contributed by atoms with Crippen LogP contribution in [0.1, 0.15) is 12.0 Å². The average molecular weight is 360 g/mol. The fourth-order valence-corrected chi connectivity index (χ4v) is 3.19. The van der Waals surface area contributed by atoms with Gasteiger partial charge in [0.1, 0.15) is 24.9 Å². The number of rotatable bonds is 6. The van der Waals surface area contributed by atoms with Crippen LogP contribution < -0.4 is 10.1 Å². The molecule has 0 aromatic heterocycles. The lowest BCUT2D eigenvalue weighted by molar-refractivity contribution is 0.192. The number of ether oxygens (including phenoxy) is 1. The van der Waals surface area contributed by atoms with Crippen molar-refractivity contribution >= 4 is 35.6 Å². The van der Waals surface area contributed by atoms with Crippen molar-refractivity contribution in [2.75, 3.05) is 20.2 Å². The van der Waals surface area contributed by atoms with E-state index in [-0.39, 0.29) is 11.4 Å². The Bertz CT molecular complexity index is 702. The zero-order valence-electron chi connectivity index (χ0n) is 13.8. The van der Waals surface area contributed by atoms with E-state index >= 15 is 0 Å². The molecule has 2 aliphatic rings. The Morgan fingerprint density at radius 3 is 2.88 bits per heavy atom. The number of hydrogen-bond donors (Lipinski definition) is 2. The van der Waals surface area contributed by atoms with Gasteiger partial charge in [-0.15, -0.1) is 0 Å². The van der Waals surface area contributed by atoms with Crippen molar-refractivity contribution in [2.24, 2.45) is 9.98 Å².